The molecule has 0 unspecified atom stereocenters. The van der Waals surface area contributed by atoms with Crippen LogP contribution in [-0.4, -0.2) is 26.5 Å². The topological polar surface area (TPSA) is 75.7 Å². The molecule has 0 bridgehead atoms. The second kappa shape index (κ2) is 6.59. The highest BCUT2D eigenvalue weighted by Crippen LogP contribution is 2.38. The highest BCUT2D eigenvalue weighted by atomic mass is 79.9. The molecule has 0 spiro atoms. The fraction of sp³-hybridized carbons (Fsp3) is 0.278. The number of anilines is 2. The molecule has 1 heterocycles. The first-order valence-electron chi connectivity index (χ1n) is 7.97. The van der Waals surface area contributed by atoms with E-state index in [4.69, 9.17) is 4.74 Å². The average molecular weight is 439 g/mol. The maximum atomic E-state index is 12.7. The van der Waals surface area contributed by atoms with Gasteiger partial charge in [0.25, 0.3) is 10.0 Å². The van der Waals surface area contributed by atoms with E-state index in [0.717, 1.165) is 4.47 Å². The standard InChI is InChI=1S/C18H19BrN2O4S/c1-12(22)21-11-18(2,3)25-17-9-8-15(10-16(17)21)26(23,24)20-14-6-4-13(19)5-7-14/h4-10,20H,11H2,1-3H3. The first-order valence-corrected chi connectivity index (χ1v) is 10.2. The van der Waals surface area contributed by atoms with E-state index in [-0.39, 0.29) is 10.8 Å². The van der Waals surface area contributed by atoms with Crippen molar-refractivity contribution in [3.63, 3.8) is 0 Å². The number of carbonyl (C=O) groups is 1. The van der Waals surface area contributed by atoms with Gasteiger partial charge in [-0.25, -0.2) is 8.42 Å². The van der Waals surface area contributed by atoms with Crippen LogP contribution in [0.4, 0.5) is 11.4 Å². The summed E-state index contributed by atoms with van der Waals surface area (Å²) in [5.41, 5.74) is 0.358. The Morgan fingerprint density at radius 1 is 1.19 bits per heavy atom. The van der Waals surface area contributed by atoms with Gasteiger partial charge in [0.1, 0.15) is 11.4 Å². The molecule has 6 nitrogen and oxygen atoms in total. The van der Waals surface area contributed by atoms with Crippen LogP contribution < -0.4 is 14.4 Å². The SMILES string of the molecule is CC(=O)N1CC(C)(C)Oc2ccc(S(=O)(=O)Nc3ccc(Br)cc3)cc21. The van der Waals surface area contributed by atoms with Crippen LogP contribution in [0, 0.1) is 0 Å². The molecule has 2 aromatic carbocycles. The average Bonchev–Trinajstić information content (AvgIpc) is 2.54. The Bertz CT molecular complexity index is 956. The number of hydrogen-bond acceptors (Lipinski definition) is 4. The van der Waals surface area contributed by atoms with Crippen LogP contribution in [-0.2, 0) is 14.8 Å². The summed E-state index contributed by atoms with van der Waals surface area (Å²) in [6, 6.07) is 11.3. The number of halogens is 1. The van der Waals surface area contributed by atoms with E-state index in [2.05, 4.69) is 20.7 Å². The number of hydrogen-bond donors (Lipinski definition) is 1. The molecule has 0 atom stereocenters. The molecule has 0 saturated carbocycles. The van der Waals surface area contributed by atoms with Gasteiger partial charge in [-0.15, -0.1) is 0 Å². The van der Waals surface area contributed by atoms with Gasteiger partial charge in [0.15, 0.2) is 0 Å². The fourth-order valence-electron chi connectivity index (χ4n) is 2.77. The van der Waals surface area contributed by atoms with Crippen molar-refractivity contribution in [2.45, 2.75) is 31.3 Å². The second-order valence-corrected chi connectivity index (χ2v) is 9.31. The summed E-state index contributed by atoms with van der Waals surface area (Å²) in [7, 11) is -3.80. The minimum Gasteiger partial charge on any atom is -0.484 e. The summed E-state index contributed by atoms with van der Waals surface area (Å²) in [5.74, 6) is 0.317. The summed E-state index contributed by atoms with van der Waals surface area (Å²) in [6.45, 7) is 5.56. The number of benzene rings is 2. The number of rotatable bonds is 3. The Morgan fingerprint density at radius 2 is 1.85 bits per heavy atom. The molecule has 2 aromatic rings. The van der Waals surface area contributed by atoms with Crippen LogP contribution in [0.15, 0.2) is 51.8 Å². The van der Waals surface area contributed by atoms with Gasteiger partial charge in [0, 0.05) is 17.1 Å². The van der Waals surface area contributed by atoms with Crippen LogP contribution in [0.25, 0.3) is 0 Å². The van der Waals surface area contributed by atoms with Crippen molar-refractivity contribution in [3.8, 4) is 5.75 Å². The maximum absolute atomic E-state index is 12.7. The molecule has 1 aliphatic heterocycles. The highest BCUT2D eigenvalue weighted by Gasteiger charge is 2.34. The smallest absolute Gasteiger partial charge is 0.261 e. The van der Waals surface area contributed by atoms with Gasteiger partial charge in [-0.2, -0.15) is 0 Å². The number of ether oxygens (including phenoxy) is 1. The number of nitrogens with zero attached hydrogens (tertiary/aromatic N) is 1. The zero-order chi connectivity index (χ0) is 19.1. The van der Waals surface area contributed by atoms with Gasteiger partial charge in [0.2, 0.25) is 5.91 Å². The summed E-state index contributed by atoms with van der Waals surface area (Å²) in [6.07, 6.45) is 0. The minimum absolute atomic E-state index is 0.0636. The molecule has 138 valence electrons. The maximum Gasteiger partial charge on any atom is 0.261 e. The molecular formula is C18H19BrN2O4S. The van der Waals surface area contributed by atoms with E-state index in [9.17, 15) is 13.2 Å². The van der Waals surface area contributed by atoms with Crippen molar-refractivity contribution < 1.29 is 17.9 Å². The van der Waals surface area contributed by atoms with Crippen LogP contribution in [0.3, 0.4) is 0 Å². The van der Waals surface area contributed by atoms with Crippen molar-refractivity contribution in [1.29, 1.82) is 0 Å². The molecule has 1 aliphatic rings. The van der Waals surface area contributed by atoms with Gasteiger partial charge < -0.3 is 9.64 Å². The number of fused-ring (bicyclic) bond motifs is 1. The van der Waals surface area contributed by atoms with Gasteiger partial charge in [-0.1, -0.05) is 15.9 Å². The van der Waals surface area contributed by atoms with E-state index in [0.29, 0.717) is 23.7 Å². The number of carbonyl (C=O) groups excluding carboxylic acids is 1. The van der Waals surface area contributed by atoms with E-state index < -0.39 is 15.6 Å². The van der Waals surface area contributed by atoms with Crippen LogP contribution in [0.1, 0.15) is 20.8 Å². The molecule has 0 aromatic heterocycles. The van der Waals surface area contributed by atoms with Gasteiger partial charge in [-0.3, -0.25) is 9.52 Å². The third-order valence-electron chi connectivity index (χ3n) is 3.93. The van der Waals surface area contributed by atoms with E-state index in [1.807, 2.05) is 13.8 Å². The number of amides is 1. The van der Waals surface area contributed by atoms with Crippen molar-refractivity contribution in [3.05, 3.63) is 46.9 Å². The van der Waals surface area contributed by atoms with Crippen molar-refractivity contribution in [2.24, 2.45) is 0 Å². The molecule has 1 N–H and O–H groups in total. The van der Waals surface area contributed by atoms with Crippen LogP contribution in [0.5, 0.6) is 5.75 Å². The molecule has 0 radical (unpaired) electrons. The van der Waals surface area contributed by atoms with E-state index in [1.165, 1.54) is 24.0 Å². The lowest BCUT2D eigenvalue weighted by atomic mass is 10.1. The zero-order valence-electron chi connectivity index (χ0n) is 14.6. The predicted molar refractivity (Wildman–Crippen MR) is 104 cm³/mol. The van der Waals surface area contributed by atoms with Crippen LogP contribution >= 0.6 is 15.9 Å². The Morgan fingerprint density at radius 3 is 2.46 bits per heavy atom. The molecule has 1 amide bonds. The van der Waals surface area contributed by atoms with E-state index >= 15 is 0 Å². The third-order valence-corrected chi connectivity index (χ3v) is 5.84. The lowest BCUT2D eigenvalue weighted by molar-refractivity contribution is -0.117. The van der Waals surface area contributed by atoms with Gasteiger partial charge in [0.05, 0.1) is 17.1 Å². The Kier molecular flexibility index (Phi) is 4.74. The van der Waals surface area contributed by atoms with Crippen LogP contribution in [0.2, 0.25) is 0 Å². The lowest BCUT2D eigenvalue weighted by Crippen LogP contribution is -2.48. The number of sulfonamides is 1. The van der Waals surface area contributed by atoms with Gasteiger partial charge >= 0.3 is 0 Å². The lowest BCUT2D eigenvalue weighted by Gasteiger charge is -2.39. The quantitative estimate of drug-likeness (QED) is 0.790. The first kappa shape index (κ1) is 18.7. The molecule has 8 heteroatoms. The molecule has 0 fully saturated rings. The zero-order valence-corrected chi connectivity index (χ0v) is 17.0. The number of nitrogens with one attached hydrogen (secondary N) is 1. The Labute approximate surface area is 161 Å². The Balaban J connectivity index is 1.98. The summed E-state index contributed by atoms with van der Waals surface area (Å²) in [5, 5.41) is 0. The normalized spacial score (nSPS) is 15.8. The second-order valence-electron chi connectivity index (χ2n) is 6.71. The van der Waals surface area contributed by atoms with E-state index in [1.54, 1.807) is 30.3 Å². The first-order chi connectivity index (χ1) is 12.1. The molecule has 0 aliphatic carbocycles. The van der Waals surface area contributed by atoms with Crippen molar-refractivity contribution >= 4 is 43.2 Å². The van der Waals surface area contributed by atoms with Crippen molar-refractivity contribution in [1.82, 2.24) is 0 Å². The minimum atomic E-state index is -3.80. The van der Waals surface area contributed by atoms with Gasteiger partial charge in [-0.05, 0) is 56.3 Å². The van der Waals surface area contributed by atoms with Crippen molar-refractivity contribution in [2.75, 3.05) is 16.2 Å². The third kappa shape index (κ3) is 3.86. The Hall–Kier alpha value is -2.06. The molecule has 0 saturated heterocycles. The molecule has 3 rings (SSSR count). The predicted octanol–water partition coefficient (Wildman–Crippen LogP) is 3.77. The largest absolute Gasteiger partial charge is 0.484 e. The molecular weight excluding hydrogens is 420 g/mol. The summed E-state index contributed by atoms with van der Waals surface area (Å²) < 4.78 is 34.7. The summed E-state index contributed by atoms with van der Waals surface area (Å²) in [4.78, 5) is 13.6. The molecule has 26 heavy (non-hydrogen) atoms. The fourth-order valence-corrected chi connectivity index (χ4v) is 4.11. The monoisotopic (exact) mass is 438 g/mol. The highest BCUT2D eigenvalue weighted by molar-refractivity contribution is 9.10. The summed E-state index contributed by atoms with van der Waals surface area (Å²) >= 11 is 3.31.